The lowest BCUT2D eigenvalue weighted by atomic mass is 9.80. The smallest absolute Gasteiger partial charge is 0.234 e. The van der Waals surface area contributed by atoms with E-state index in [1.165, 1.54) is 0 Å². The van der Waals surface area contributed by atoms with E-state index < -0.39 is 0 Å². The van der Waals surface area contributed by atoms with Gasteiger partial charge in [0.2, 0.25) is 5.91 Å². The van der Waals surface area contributed by atoms with E-state index in [2.05, 4.69) is 51.8 Å². The predicted molar refractivity (Wildman–Crippen MR) is 82.0 cm³/mol. The van der Waals surface area contributed by atoms with Crippen LogP contribution in [0.5, 0.6) is 0 Å². The fourth-order valence-electron chi connectivity index (χ4n) is 2.55. The molecule has 0 aliphatic rings. The first-order chi connectivity index (χ1) is 8.59. The van der Waals surface area contributed by atoms with Crippen LogP contribution in [0, 0.1) is 11.3 Å². The van der Waals surface area contributed by atoms with Crippen LogP contribution in [0.25, 0.3) is 0 Å². The van der Waals surface area contributed by atoms with E-state index >= 15 is 0 Å². The second-order valence-electron chi connectivity index (χ2n) is 7.00. The molecule has 4 heteroatoms. The third-order valence-electron chi connectivity index (χ3n) is 3.34. The van der Waals surface area contributed by atoms with Gasteiger partial charge in [-0.05, 0) is 24.8 Å². The Morgan fingerprint density at radius 1 is 1.32 bits per heavy atom. The maximum atomic E-state index is 11.9. The molecule has 0 saturated carbocycles. The van der Waals surface area contributed by atoms with Crippen molar-refractivity contribution < 1.29 is 4.79 Å². The van der Waals surface area contributed by atoms with Crippen molar-refractivity contribution in [3.05, 3.63) is 0 Å². The first-order valence-electron chi connectivity index (χ1n) is 7.32. The van der Waals surface area contributed by atoms with E-state index in [0.29, 0.717) is 12.5 Å². The molecule has 0 fully saturated rings. The van der Waals surface area contributed by atoms with Gasteiger partial charge >= 0.3 is 0 Å². The molecule has 2 atom stereocenters. The van der Waals surface area contributed by atoms with Crippen LogP contribution in [0.1, 0.15) is 48.0 Å². The average Bonchev–Trinajstić information content (AvgIpc) is 2.24. The molecule has 0 aromatic heterocycles. The van der Waals surface area contributed by atoms with Gasteiger partial charge in [0.25, 0.3) is 0 Å². The molecule has 0 aliphatic carbocycles. The molecule has 114 valence electrons. The highest BCUT2D eigenvalue weighted by Gasteiger charge is 2.33. The SMILES string of the molecule is CCC(N)C(N(C)CC(=O)NCC(C)C)C(C)(C)C. The summed E-state index contributed by atoms with van der Waals surface area (Å²) in [5.74, 6) is 0.555. The molecule has 0 bridgehead atoms. The van der Waals surface area contributed by atoms with Crippen molar-refractivity contribution in [1.29, 1.82) is 0 Å². The van der Waals surface area contributed by atoms with Crippen LogP contribution in [0.2, 0.25) is 0 Å². The minimum absolute atomic E-state index is 0.0580. The highest BCUT2D eigenvalue weighted by Crippen LogP contribution is 2.26. The van der Waals surface area contributed by atoms with E-state index in [1.54, 1.807) is 0 Å². The van der Waals surface area contributed by atoms with E-state index in [-0.39, 0.29) is 23.4 Å². The van der Waals surface area contributed by atoms with E-state index in [4.69, 9.17) is 5.73 Å². The van der Waals surface area contributed by atoms with Crippen LogP contribution in [-0.2, 0) is 4.79 Å². The molecule has 2 unspecified atom stereocenters. The van der Waals surface area contributed by atoms with Gasteiger partial charge in [0.05, 0.1) is 6.54 Å². The van der Waals surface area contributed by atoms with Gasteiger partial charge < -0.3 is 11.1 Å². The summed E-state index contributed by atoms with van der Waals surface area (Å²) in [5.41, 5.74) is 6.29. The molecule has 4 nitrogen and oxygen atoms in total. The zero-order valence-corrected chi connectivity index (χ0v) is 13.8. The van der Waals surface area contributed by atoms with Crippen molar-refractivity contribution in [3.63, 3.8) is 0 Å². The van der Waals surface area contributed by atoms with Crippen molar-refractivity contribution in [2.45, 2.75) is 60.0 Å². The summed E-state index contributed by atoms with van der Waals surface area (Å²) in [7, 11) is 1.99. The first-order valence-corrected chi connectivity index (χ1v) is 7.32. The quantitative estimate of drug-likeness (QED) is 0.743. The number of hydrogen-bond acceptors (Lipinski definition) is 3. The predicted octanol–water partition coefficient (Wildman–Crippen LogP) is 1.84. The lowest BCUT2D eigenvalue weighted by Gasteiger charge is -2.41. The van der Waals surface area contributed by atoms with Gasteiger partial charge in [0, 0.05) is 18.6 Å². The number of hydrogen-bond donors (Lipinski definition) is 2. The van der Waals surface area contributed by atoms with Crippen molar-refractivity contribution in [2.24, 2.45) is 17.1 Å². The molecular formula is C15H33N3O. The van der Waals surface area contributed by atoms with E-state index in [0.717, 1.165) is 13.0 Å². The summed E-state index contributed by atoms with van der Waals surface area (Å²) in [6.07, 6.45) is 0.917. The summed E-state index contributed by atoms with van der Waals surface area (Å²) < 4.78 is 0. The molecule has 0 spiro atoms. The summed E-state index contributed by atoms with van der Waals surface area (Å²) in [6.45, 7) is 13.9. The molecule has 0 heterocycles. The lowest BCUT2D eigenvalue weighted by molar-refractivity contribution is -0.123. The largest absolute Gasteiger partial charge is 0.355 e. The molecule has 0 aromatic rings. The molecule has 0 aliphatic heterocycles. The summed E-state index contributed by atoms with van der Waals surface area (Å²) in [5, 5.41) is 2.95. The maximum Gasteiger partial charge on any atom is 0.234 e. The van der Waals surface area contributed by atoms with Gasteiger partial charge in [0.1, 0.15) is 0 Å². The average molecular weight is 271 g/mol. The Morgan fingerprint density at radius 2 is 1.84 bits per heavy atom. The van der Waals surface area contributed by atoms with Crippen LogP contribution in [0.4, 0.5) is 0 Å². The van der Waals surface area contributed by atoms with Crippen molar-refractivity contribution in [2.75, 3.05) is 20.1 Å². The minimum Gasteiger partial charge on any atom is -0.355 e. The van der Waals surface area contributed by atoms with Gasteiger partial charge in [-0.25, -0.2) is 0 Å². The molecule has 0 aromatic carbocycles. The van der Waals surface area contributed by atoms with Gasteiger partial charge in [-0.15, -0.1) is 0 Å². The Hall–Kier alpha value is -0.610. The number of nitrogens with zero attached hydrogens (tertiary/aromatic N) is 1. The fraction of sp³-hybridized carbons (Fsp3) is 0.933. The zero-order valence-electron chi connectivity index (χ0n) is 13.8. The molecule has 0 radical (unpaired) electrons. The van der Waals surface area contributed by atoms with Crippen LogP contribution in [0.3, 0.4) is 0 Å². The standard InChI is InChI=1S/C15H33N3O/c1-8-12(16)14(15(4,5)6)18(7)10-13(19)17-9-11(2)3/h11-12,14H,8-10,16H2,1-7H3,(H,17,19). The molecule has 0 saturated heterocycles. The van der Waals surface area contributed by atoms with Crippen LogP contribution in [0.15, 0.2) is 0 Å². The maximum absolute atomic E-state index is 11.9. The third-order valence-corrected chi connectivity index (χ3v) is 3.34. The van der Waals surface area contributed by atoms with Crippen molar-refractivity contribution in [3.8, 4) is 0 Å². The Labute approximate surface area is 119 Å². The lowest BCUT2D eigenvalue weighted by Crippen LogP contribution is -2.55. The monoisotopic (exact) mass is 271 g/mol. The van der Waals surface area contributed by atoms with Crippen LogP contribution >= 0.6 is 0 Å². The number of likely N-dealkylation sites (N-methyl/N-ethyl adjacent to an activating group) is 1. The van der Waals surface area contributed by atoms with Gasteiger partial charge in [0.15, 0.2) is 0 Å². The third kappa shape index (κ3) is 6.92. The number of nitrogens with two attached hydrogens (primary N) is 1. The Balaban J connectivity index is 4.57. The highest BCUT2D eigenvalue weighted by atomic mass is 16.2. The zero-order chi connectivity index (χ0) is 15.2. The number of carbonyl (C=O) groups is 1. The Kier molecular flexibility index (Phi) is 7.60. The van der Waals surface area contributed by atoms with Gasteiger partial charge in [-0.1, -0.05) is 41.5 Å². The summed E-state index contributed by atoms with van der Waals surface area (Å²) in [6, 6.07) is 0.283. The normalized spacial score (nSPS) is 15.7. The van der Waals surface area contributed by atoms with E-state index in [1.807, 2.05) is 7.05 Å². The number of rotatable bonds is 7. The topological polar surface area (TPSA) is 58.4 Å². The Bertz CT molecular complexity index is 271. The van der Waals surface area contributed by atoms with Crippen molar-refractivity contribution >= 4 is 5.91 Å². The number of carbonyl (C=O) groups excluding carboxylic acids is 1. The molecule has 0 rings (SSSR count). The first kappa shape index (κ1) is 18.4. The van der Waals surface area contributed by atoms with Gasteiger partial charge in [-0.2, -0.15) is 0 Å². The van der Waals surface area contributed by atoms with Crippen molar-refractivity contribution in [1.82, 2.24) is 10.2 Å². The van der Waals surface area contributed by atoms with Crippen LogP contribution < -0.4 is 11.1 Å². The highest BCUT2D eigenvalue weighted by molar-refractivity contribution is 5.78. The molecular weight excluding hydrogens is 238 g/mol. The molecule has 3 N–H and O–H groups in total. The number of nitrogens with one attached hydrogen (secondary N) is 1. The second kappa shape index (κ2) is 7.85. The Morgan fingerprint density at radius 3 is 2.21 bits per heavy atom. The molecule has 1 amide bonds. The summed E-state index contributed by atoms with van der Waals surface area (Å²) >= 11 is 0. The van der Waals surface area contributed by atoms with Gasteiger partial charge in [-0.3, -0.25) is 9.69 Å². The van der Waals surface area contributed by atoms with E-state index in [9.17, 15) is 4.79 Å². The summed E-state index contributed by atoms with van der Waals surface area (Å²) in [4.78, 5) is 14.0. The van der Waals surface area contributed by atoms with Crippen LogP contribution in [-0.4, -0.2) is 43.0 Å². The minimum atomic E-state index is 0.0580. The molecule has 19 heavy (non-hydrogen) atoms. The fourth-order valence-corrected chi connectivity index (χ4v) is 2.55. The second-order valence-corrected chi connectivity index (χ2v) is 7.00. The number of amides is 1.